The van der Waals surface area contributed by atoms with Crippen molar-refractivity contribution in [3.63, 3.8) is 0 Å². The minimum Gasteiger partial charge on any atom is -0.365 e. The highest BCUT2D eigenvalue weighted by atomic mass is 32.2. The monoisotopic (exact) mass is 189 g/mol. The molecule has 1 aromatic rings. The molecule has 0 radical (unpaired) electrons. The quantitative estimate of drug-likeness (QED) is 0.689. The maximum Gasteiger partial charge on any atom is 0.264 e. The smallest absolute Gasteiger partial charge is 0.264 e. The summed E-state index contributed by atoms with van der Waals surface area (Å²) in [4.78, 5) is 2.95. The van der Waals surface area contributed by atoms with Gasteiger partial charge in [-0.25, -0.2) is 0 Å². The van der Waals surface area contributed by atoms with Gasteiger partial charge in [-0.05, 0) is 25.0 Å². The first kappa shape index (κ1) is 9.28. The number of hydrogen-bond donors (Lipinski definition) is 2. The second kappa shape index (κ2) is 3.73. The minimum absolute atomic E-state index is 0.175. The molecule has 0 aliphatic carbocycles. The van der Waals surface area contributed by atoms with Crippen LogP contribution in [0, 0.1) is 0 Å². The van der Waals surface area contributed by atoms with Crippen molar-refractivity contribution < 1.29 is 13.0 Å². The van der Waals surface area contributed by atoms with E-state index in [1.165, 1.54) is 0 Å². The number of H-pyrrole nitrogens is 1. The van der Waals surface area contributed by atoms with E-state index in [9.17, 15) is 8.42 Å². The average molecular weight is 189 g/mol. The summed E-state index contributed by atoms with van der Waals surface area (Å²) in [6, 6.07) is 3.73. The van der Waals surface area contributed by atoms with Gasteiger partial charge in [0.05, 0.1) is 5.75 Å². The normalized spacial score (nSPS) is 11.8. The van der Waals surface area contributed by atoms with Crippen LogP contribution >= 0.6 is 0 Å². The zero-order valence-electron chi connectivity index (χ0n) is 6.53. The third-order valence-electron chi connectivity index (χ3n) is 1.51. The van der Waals surface area contributed by atoms with E-state index in [1.54, 1.807) is 6.20 Å². The molecule has 1 aromatic heterocycles. The van der Waals surface area contributed by atoms with Crippen LogP contribution in [0.4, 0.5) is 0 Å². The molecule has 68 valence electrons. The summed E-state index contributed by atoms with van der Waals surface area (Å²) < 4.78 is 29.0. The van der Waals surface area contributed by atoms with Crippen molar-refractivity contribution in [2.24, 2.45) is 0 Å². The highest BCUT2D eigenvalue weighted by Gasteiger charge is 2.03. The molecule has 5 heteroatoms. The van der Waals surface area contributed by atoms with Gasteiger partial charge in [-0.3, -0.25) is 4.55 Å². The van der Waals surface area contributed by atoms with Crippen LogP contribution in [0.15, 0.2) is 18.3 Å². The van der Waals surface area contributed by atoms with Crippen molar-refractivity contribution in [2.75, 3.05) is 5.75 Å². The molecule has 0 spiro atoms. The van der Waals surface area contributed by atoms with Crippen LogP contribution in [0.25, 0.3) is 0 Å². The fraction of sp³-hybridized carbons (Fsp3) is 0.429. The van der Waals surface area contributed by atoms with Gasteiger partial charge in [0.1, 0.15) is 0 Å². The molecular weight excluding hydrogens is 178 g/mol. The van der Waals surface area contributed by atoms with Crippen LogP contribution in [0.3, 0.4) is 0 Å². The van der Waals surface area contributed by atoms with Gasteiger partial charge in [-0.15, -0.1) is 0 Å². The van der Waals surface area contributed by atoms with Crippen molar-refractivity contribution in [3.8, 4) is 0 Å². The molecule has 1 rings (SSSR count). The van der Waals surface area contributed by atoms with Crippen molar-refractivity contribution in [1.29, 1.82) is 0 Å². The summed E-state index contributed by atoms with van der Waals surface area (Å²) >= 11 is 0. The molecule has 0 bridgehead atoms. The molecule has 12 heavy (non-hydrogen) atoms. The Kier molecular flexibility index (Phi) is 2.88. The molecule has 0 saturated heterocycles. The van der Waals surface area contributed by atoms with Gasteiger partial charge in [-0.1, -0.05) is 0 Å². The number of nitrogens with one attached hydrogen (secondary N) is 1. The van der Waals surface area contributed by atoms with Crippen LogP contribution < -0.4 is 0 Å². The molecule has 4 nitrogen and oxygen atoms in total. The molecule has 0 saturated carbocycles. The predicted octanol–water partition coefficient (Wildman–Crippen LogP) is 0.835. The summed E-state index contributed by atoms with van der Waals surface area (Å²) in [5.74, 6) is -0.175. The van der Waals surface area contributed by atoms with E-state index in [0.29, 0.717) is 12.8 Å². The molecule has 1 heterocycles. The largest absolute Gasteiger partial charge is 0.365 e. The summed E-state index contributed by atoms with van der Waals surface area (Å²) in [6.45, 7) is 0. The fourth-order valence-electron chi connectivity index (χ4n) is 0.968. The van der Waals surface area contributed by atoms with Gasteiger partial charge >= 0.3 is 0 Å². The van der Waals surface area contributed by atoms with Gasteiger partial charge < -0.3 is 4.98 Å². The highest BCUT2D eigenvalue weighted by molar-refractivity contribution is 7.85. The number of aromatic nitrogens is 1. The first-order valence-corrected chi connectivity index (χ1v) is 5.26. The lowest BCUT2D eigenvalue weighted by Gasteiger charge is -1.95. The van der Waals surface area contributed by atoms with Gasteiger partial charge in [0, 0.05) is 11.9 Å². The Labute approximate surface area is 71.4 Å². The number of aryl methyl sites for hydroxylation is 1. The third kappa shape index (κ3) is 3.54. The van der Waals surface area contributed by atoms with Crippen LogP contribution in [0.5, 0.6) is 0 Å². The highest BCUT2D eigenvalue weighted by Crippen LogP contribution is 2.00. The van der Waals surface area contributed by atoms with Gasteiger partial charge in [0.15, 0.2) is 0 Å². The summed E-state index contributed by atoms with van der Waals surface area (Å²) in [5.41, 5.74) is 0.985. The first-order valence-electron chi connectivity index (χ1n) is 3.65. The van der Waals surface area contributed by atoms with Crippen molar-refractivity contribution in [1.82, 2.24) is 4.98 Å². The molecule has 0 amide bonds. The lowest BCUT2D eigenvalue weighted by molar-refractivity contribution is 0.481. The second-order valence-electron chi connectivity index (χ2n) is 2.58. The zero-order chi connectivity index (χ0) is 9.03. The number of aromatic amines is 1. The molecule has 0 aliphatic rings. The van der Waals surface area contributed by atoms with Gasteiger partial charge in [-0.2, -0.15) is 8.42 Å². The Morgan fingerprint density at radius 3 is 2.75 bits per heavy atom. The summed E-state index contributed by atoms with van der Waals surface area (Å²) in [6.07, 6.45) is 2.87. The maximum absolute atomic E-state index is 10.3. The first-order chi connectivity index (χ1) is 5.58. The molecular formula is C7H11NO3S. The summed E-state index contributed by atoms with van der Waals surface area (Å²) in [7, 11) is -3.79. The number of hydrogen-bond acceptors (Lipinski definition) is 2. The average Bonchev–Trinajstić information content (AvgIpc) is 2.36. The van der Waals surface area contributed by atoms with Crippen LogP contribution in [0.1, 0.15) is 12.1 Å². The van der Waals surface area contributed by atoms with E-state index in [4.69, 9.17) is 4.55 Å². The Bertz CT molecular complexity index is 314. The molecule has 0 aliphatic heterocycles. The van der Waals surface area contributed by atoms with Crippen LogP contribution in [-0.2, 0) is 16.5 Å². The summed E-state index contributed by atoms with van der Waals surface area (Å²) in [5, 5.41) is 0. The fourth-order valence-corrected chi connectivity index (χ4v) is 1.48. The van der Waals surface area contributed by atoms with Crippen molar-refractivity contribution in [3.05, 3.63) is 24.0 Å². The van der Waals surface area contributed by atoms with E-state index in [0.717, 1.165) is 5.69 Å². The van der Waals surface area contributed by atoms with Gasteiger partial charge in [0.25, 0.3) is 10.1 Å². The van der Waals surface area contributed by atoms with Crippen LogP contribution in [0.2, 0.25) is 0 Å². The van der Waals surface area contributed by atoms with E-state index in [-0.39, 0.29) is 5.75 Å². The van der Waals surface area contributed by atoms with Crippen LogP contribution in [-0.4, -0.2) is 23.7 Å². The van der Waals surface area contributed by atoms with E-state index in [2.05, 4.69) is 4.98 Å². The topological polar surface area (TPSA) is 70.2 Å². The predicted molar refractivity (Wildman–Crippen MR) is 45.5 cm³/mol. The molecule has 0 fully saturated rings. The Morgan fingerprint density at radius 1 is 1.50 bits per heavy atom. The van der Waals surface area contributed by atoms with E-state index in [1.807, 2.05) is 12.1 Å². The van der Waals surface area contributed by atoms with E-state index >= 15 is 0 Å². The van der Waals surface area contributed by atoms with Gasteiger partial charge in [0.2, 0.25) is 0 Å². The Morgan fingerprint density at radius 2 is 2.25 bits per heavy atom. The zero-order valence-corrected chi connectivity index (χ0v) is 7.34. The standard InChI is InChI=1S/C7H11NO3S/c9-12(10,11)6-2-4-7-3-1-5-8-7/h1,3,5,8H,2,4,6H2,(H,9,10,11). The molecule has 0 aromatic carbocycles. The minimum atomic E-state index is -3.79. The lowest BCUT2D eigenvalue weighted by Crippen LogP contribution is -2.04. The second-order valence-corrected chi connectivity index (χ2v) is 4.16. The van der Waals surface area contributed by atoms with Crippen molar-refractivity contribution >= 4 is 10.1 Å². The number of rotatable bonds is 4. The molecule has 2 N–H and O–H groups in total. The Hall–Kier alpha value is -0.810. The Balaban J connectivity index is 2.29. The SMILES string of the molecule is O=S(=O)(O)CCCc1ccc[nH]1. The van der Waals surface area contributed by atoms with Crippen molar-refractivity contribution in [2.45, 2.75) is 12.8 Å². The molecule has 0 unspecified atom stereocenters. The van der Waals surface area contributed by atoms with E-state index < -0.39 is 10.1 Å². The third-order valence-corrected chi connectivity index (χ3v) is 2.32. The molecule has 0 atom stereocenters. The lowest BCUT2D eigenvalue weighted by atomic mass is 10.3. The maximum atomic E-state index is 10.3.